The highest BCUT2D eigenvalue weighted by atomic mass is 16.5. The summed E-state index contributed by atoms with van der Waals surface area (Å²) in [6.07, 6.45) is 0. The highest BCUT2D eigenvalue weighted by Crippen LogP contribution is 2.05. The lowest BCUT2D eigenvalue weighted by Crippen LogP contribution is -1.99. The van der Waals surface area contributed by atoms with Crippen molar-refractivity contribution in [3.05, 3.63) is 35.4 Å². The average Bonchev–Trinajstić information content (AvgIpc) is 2.14. The minimum Gasteiger partial charge on any atom is -0.476 e. The third kappa shape index (κ3) is 3.28. The van der Waals surface area contributed by atoms with Crippen molar-refractivity contribution in [2.75, 3.05) is 7.05 Å². The summed E-state index contributed by atoms with van der Waals surface area (Å²) in [6, 6.07) is 8.27. The van der Waals surface area contributed by atoms with Crippen LogP contribution >= 0.6 is 0 Å². The fourth-order valence-corrected chi connectivity index (χ4v) is 1.05. The summed E-state index contributed by atoms with van der Waals surface area (Å²) in [5.74, 6) is 0.724. The summed E-state index contributed by atoms with van der Waals surface area (Å²) in [5, 5.41) is 0. The Kier molecular flexibility index (Phi) is 3.50. The van der Waals surface area contributed by atoms with Crippen molar-refractivity contribution in [2.24, 2.45) is 4.99 Å². The van der Waals surface area contributed by atoms with Crippen molar-refractivity contribution < 1.29 is 4.74 Å². The highest BCUT2D eigenvalue weighted by Gasteiger charge is 1.94. The van der Waals surface area contributed by atoms with Gasteiger partial charge in [-0.05, 0) is 12.5 Å². The molecule has 0 aliphatic carbocycles. The summed E-state index contributed by atoms with van der Waals surface area (Å²) in [5.41, 5.74) is 2.44. The topological polar surface area (TPSA) is 21.6 Å². The van der Waals surface area contributed by atoms with Crippen LogP contribution in [-0.4, -0.2) is 12.9 Å². The van der Waals surface area contributed by atoms with E-state index in [2.05, 4.69) is 30.1 Å². The maximum absolute atomic E-state index is 5.38. The molecule has 0 saturated carbocycles. The maximum Gasteiger partial charge on any atom is 0.180 e. The zero-order chi connectivity index (χ0) is 9.68. The second-order valence-corrected chi connectivity index (χ2v) is 3.02. The fourth-order valence-electron chi connectivity index (χ4n) is 1.05. The molecule has 13 heavy (non-hydrogen) atoms. The standard InChI is InChI=1S/C11H15NO/c1-9-5-4-6-11(7-9)8-13-10(2)12-3/h4-7H,8H2,1-3H3. The van der Waals surface area contributed by atoms with Gasteiger partial charge in [-0.25, -0.2) is 0 Å². The lowest BCUT2D eigenvalue weighted by Gasteiger charge is -2.04. The molecular weight excluding hydrogens is 162 g/mol. The van der Waals surface area contributed by atoms with E-state index in [4.69, 9.17) is 4.74 Å². The molecule has 1 rings (SSSR count). The van der Waals surface area contributed by atoms with Gasteiger partial charge in [0.15, 0.2) is 5.90 Å². The van der Waals surface area contributed by atoms with Crippen LogP contribution in [0.4, 0.5) is 0 Å². The Bertz CT molecular complexity index is 305. The molecule has 0 bridgehead atoms. The van der Waals surface area contributed by atoms with Gasteiger partial charge in [0.2, 0.25) is 0 Å². The normalized spacial score (nSPS) is 11.5. The van der Waals surface area contributed by atoms with Crippen LogP contribution in [0.3, 0.4) is 0 Å². The second-order valence-electron chi connectivity index (χ2n) is 3.02. The summed E-state index contributed by atoms with van der Waals surface area (Å²) < 4.78 is 5.38. The molecule has 0 fully saturated rings. The Morgan fingerprint density at radius 3 is 2.85 bits per heavy atom. The molecule has 0 aromatic heterocycles. The molecule has 0 aliphatic rings. The minimum atomic E-state index is 0.602. The van der Waals surface area contributed by atoms with Gasteiger partial charge in [-0.1, -0.05) is 29.8 Å². The molecule has 0 aliphatic heterocycles. The van der Waals surface area contributed by atoms with Crippen LogP contribution in [0.5, 0.6) is 0 Å². The summed E-state index contributed by atoms with van der Waals surface area (Å²) in [6.45, 7) is 4.53. The molecule has 0 radical (unpaired) electrons. The van der Waals surface area contributed by atoms with Crippen molar-refractivity contribution in [1.82, 2.24) is 0 Å². The van der Waals surface area contributed by atoms with Gasteiger partial charge >= 0.3 is 0 Å². The predicted octanol–water partition coefficient (Wildman–Crippen LogP) is 2.56. The summed E-state index contributed by atoms with van der Waals surface area (Å²) in [7, 11) is 1.73. The molecule has 0 unspecified atom stereocenters. The zero-order valence-corrected chi connectivity index (χ0v) is 8.37. The molecule has 0 spiro atoms. The number of ether oxygens (including phenoxy) is 1. The van der Waals surface area contributed by atoms with E-state index in [0.29, 0.717) is 6.61 Å². The molecule has 1 aromatic rings. The molecule has 2 nitrogen and oxygen atoms in total. The van der Waals surface area contributed by atoms with Gasteiger partial charge < -0.3 is 4.74 Å². The van der Waals surface area contributed by atoms with E-state index in [9.17, 15) is 0 Å². The van der Waals surface area contributed by atoms with E-state index in [1.54, 1.807) is 7.05 Å². The van der Waals surface area contributed by atoms with Crippen LogP contribution in [0.25, 0.3) is 0 Å². The Balaban J connectivity index is 2.55. The number of benzene rings is 1. The Labute approximate surface area is 79.3 Å². The summed E-state index contributed by atoms with van der Waals surface area (Å²) in [4.78, 5) is 3.92. The predicted molar refractivity (Wildman–Crippen MR) is 55.0 cm³/mol. The van der Waals surface area contributed by atoms with Gasteiger partial charge in [0.1, 0.15) is 6.61 Å². The van der Waals surface area contributed by atoms with Crippen molar-refractivity contribution in [2.45, 2.75) is 20.5 Å². The van der Waals surface area contributed by atoms with Crippen molar-refractivity contribution >= 4 is 5.90 Å². The molecule has 0 saturated heterocycles. The Morgan fingerprint density at radius 2 is 2.23 bits per heavy atom. The first-order valence-electron chi connectivity index (χ1n) is 4.34. The number of aliphatic imine (C=N–C) groups is 1. The number of hydrogen-bond donors (Lipinski definition) is 0. The minimum absolute atomic E-state index is 0.602. The van der Waals surface area contributed by atoms with Gasteiger partial charge in [0.25, 0.3) is 0 Å². The average molecular weight is 177 g/mol. The lowest BCUT2D eigenvalue weighted by atomic mass is 10.1. The second kappa shape index (κ2) is 4.65. The number of nitrogens with zero attached hydrogens (tertiary/aromatic N) is 1. The molecule has 70 valence electrons. The smallest absolute Gasteiger partial charge is 0.180 e. The number of aryl methyl sites for hydroxylation is 1. The van der Waals surface area contributed by atoms with Gasteiger partial charge in [-0.3, -0.25) is 4.99 Å². The SMILES string of the molecule is CN=C(C)OCc1cccc(C)c1. The van der Waals surface area contributed by atoms with E-state index >= 15 is 0 Å². The van der Waals surface area contributed by atoms with Crippen LogP contribution < -0.4 is 0 Å². The van der Waals surface area contributed by atoms with Crippen LogP contribution in [0.15, 0.2) is 29.3 Å². The van der Waals surface area contributed by atoms with E-state index < -0.39 is 0 Å². The molecule has 2 heteroatoms. The first-order valence-corrected chi connectivity index (χ1v) is 4.34. The largest absolute Gasteiger partial charge is 0.476 e. The monoisotopic (exact) mass is 177 g/mol. The molecule has 0 heterocycles. The highest BCUT2D eigenvalue weighted by molar-refractivity contribution is 5.72. The van der Waals surface area contributed by atoms with E-state index in [1.165, 1.54) is 11.1 Å². The van der Waals surface area contributed by atoms with Gasteiger partial charge in [0.05, 0.1) is 0 Å². The van der Waals surface area contributed by atoms with Crippen LogP contribution in [0.1, 0.15) is 18.1 Å². The first-order chi connectivity index (χ1) is 6.22. The van der Waals surface area contributed by atoms with Crippen molar-refractivity contribution in [1.29, 1.82) is 0 Å². The molecule has 0 atom stereocenters. The third-order valence-electron chi connectivity index (χ3n) is 1.85. The van der Waals surface area contributed by atoms with Gasteiger partial charge in [0, 0.05) is 14.0 Å². The number of rotatable bonds is 2. The van der Waals surface area contributed by atoms with Gasteiger partial charge in [-0.15, -0.1) is 0 Å². The molecule has 0 amide bonds. The quantitative estimate of drug-likeness (QED) is 0.502. The van der Waals surface area contributed by atoms with E-state index in [0.717, 1.165) is 5.90 Å². The van der Waals surface area contributed by atoms with Gasteiger partial charge in [-0.2, -0.15) is 0 Å². The molecule has 0 N–H and O–H groups in total. The van der Waals surface area contributed by atoms with Crippen LogP contribution in [-0.2, 0) is 11.3 Å². The Morgan fingerprint density at radius 1 is 1.46 bits per heavy atom. The van der Waals surface area contributed by atoms with E-state index in [1.807, 2.05) is 13.0 Å². The lowest BCUT2D eigenvalue weighted by molar-refractivity contribution is 0.289. The summed E-state index contributed by atoms with van der Waals surface area (Å²) >= 11 is 0. The first kappa shape index (κ1) is 9.78. The van der Waals surface area contributed by atoms with Crippen LogP contribution in [0.2, 0.25) is 0 Å². The zero-order valence-electron chi connectivity index (χ0n) is 8.37. The fraction of sp³-hybridized carbons (Fsp3) is 0.364. The van der Waals surface area contributed by atoms with Crippen molar-refractivity contribution in [3.8, 4) is 0 Å². The van der Waals surface area contributed by atoms with Crippen molar-refractivity contribution in [3.63, 3.8) is 0 Å². The number of hydrogen-bond acceptors (Lipinski definition) is 2. The Hall–Kier alpha value is -1.31. The third-order valence-corrected chi connectivity index (χ3v) is 1.85. The maximum atomic E-state index is 5.38. The molecule has 1 aromatic carbocycles. The van der Waals surface area contributed by atoms with Crippen LogP contribution in [0, 0.1) is 6.92 Å². The van der Waals surface area contributed by atoms with E-state index in [-0.39, 0.29) is 0 Å². The molecular formula is C11H15NO.